The highest BCUT2D eigenvalue weighted by molar-refractivity contribution is 5.86. The van der Waals surface area contributed by atoms with Gasteiger partial charge in [0, 0.05) is 48.5 Å². The van der Waals surface area contributed by atoms with Gasteiger partial charge in [0.1, 0.15) is 5.78 Å². The number of nitrogens with zero attached hydrogens (tertiary/aromatic N) is 3. The number of carbonyl (C=O) groups excluding carboxylic acids is 1. The molecule has 0 saturated carbocycles. The summed E-state index contributed by atoms with van der Waals surface area (Å²) in [5, 5.41) is 12.0. The predicted octanol–water partition coefficient (Wildman–Crippen LogP) is 3.03. The molecule has 4 rings (SSSR count). The summed E-state index contributed by atoms with van der Waals surface area (Å²) in [6.07, 6.45) is 3.74. The van der Waals surface area contributed by atoms with Crippen LogP contribution in [0.2, 0.25) is 0 Å². The number of aromatic nitrogens is 2. The van der Waals surface area contributed by atoms with Gasteiger partial charge in [-0.2, -0.15) is 0 Å². The Hall–Kier alpha value is -2.50. The molecule has 0 fully saturated rings. The van der Waals surface area contributed by atoms with E-state index in [0.717, 1.165) is 30.6 Å². The molecule has 0 amide bonds. The standard InChI is InChI=1S/C22H25N3O2/c1-15-3-4-20-18(11-15)19-13-24(12-16(2)26)10-7-21(19)25(20)14-22(27)17-5-8-23-9-6-17/h3-6,8-9,11,22,27H,7,10,12-14H2,1-2H3. The number of aliphatic hydroxyl groups is 1. The molecule has 1 aliphatic rings. The van der Waals surface area contributed by atoms with Crippen LogP contribution < -0.4 is 0 Å². The summed E-state index contributed by atoms with van der Waals surface area (Å²) >= 11 is 0. The van der Waals surface area contributed by atoms with Crippen LogP contribution in [0.15, 0.2) is 42.7 Å². The second-order valence-corrected chi connectivity index (χ2v) is 7.52. The first-order chi connectivity index (χ1) is 13.0. The molecule has 3 aromatic rings. The largest absolute Gasteiger partial charge is 0.387 e. The Morgan fingerprint density at radius 2 is 2.04 bits per heavy atom. The Bertz CT molecular complexity index is 978. The van der Waals surface area contributed by atoms with Crippen molar-refractivity contribution >= 4 is 16.7 Å². The van der Waals surface area contributed by atoms with E-state index in [-0.39, 0.29) is 5.78 Å². The van der Waals surface area contributed by atoms with Gasteiger partial charge >= 0.3 is 0 Å². The van der Waals surface area contributed by atoms with Gasteiger partial charge in [0.2, 0.25) is 0 Å². The van der Waals surface area contributed by atoms with Gasteiger partial charge in [-0.25, -0.2) is 0 Å². The van der Waals surface area contributed by atoms with Crippen LogP contribution >= 0.6 is 0 Å². The molecule has 0 aliphatic carbocycles. The highest BCUT2D eigenvalue weighted by Gasteiger charge is 2.25. The van der Waals surface area contributed by atoms with Crippen molar-refractivity contribution in [2.45, 2.75) is 39.5 Å². The molecule has 1 N–H and O–H groups in total. The number of ketones is 1. The van der Waals surface area contributed by atoms with Crippen LogP contribution in [-0.4, -0.2) is 38.4 Å². The number of Topliss-reactive ketones (excluding diaryl/α,β-unsaturated/α-hetero) is 1. The first-order valence-electron chi connectivity index (χ1n) is 9.43. The predicted molar refractivity (Wildman–Crippen MR) is 106 cm³/mol. The summed E-state index contributed by atoms with van der Waals surface area (Å²) in [5.74, 6) is 0.200. The molecule has 1 aromatic carbocycles. The zero-order valence-electron chi connectivity index (χ0n) is 15.9. The highest BCUT2D eigenvalue weighted by Crippen LogP contribution is 2.33. The molecule has 27 heavy (non-hydrogen) atoms. The molecule has 1 unspecified atom stereocenters. The van der Waals surface area contributed by atoms with E-state index in [1.54, 1.807) is 19.3 Å². The van der Waals surface area contributed by atoms with Crippen molar-refractivity contribution in [3.63, 3.8) is 0 Å². The molecule has 140 valence electrons. The first-order valence-corrected chi connectivity index (χ1v) is 9.43. The zero-order chi connectivity index (χ0) is 19.0. The number of pyridine rings is 1. The first kappa shape index (κ1) is 17.9. The number of hydrogen-bond donors (Lipinski definition) is 1. The Kier molecular flexibility index (Phi) is 4.81. The Labute approximate surface area is 159 Å². The van der Waals surface area contributed by atoms with Crippen LogP contribution in [0, 0.1) is 6.92 Å². The van der Waals surface area contributed by atoms with E-state index in [4.69, 9.17) is 0 Å². The van der Waals surface area contributed by atoms with Gasteiger partial charge in [0.25, 0.3) is 0 Å². The number of aliphatic hydroxyl groups excluding tert-OH is 1. The molecule has 1 atom stereocenters. The summed E-state index contributed by atoms with van der Waals surface area (Å²) in [6, 6.07) is 10.2. The van der Waals surface area contributed by atoms with E-state index >= 15 is 0 Å². The molecular weight excluding hydrogens is 338 g/mol. The lowest BCUT2D eigenvalue weighted by atomic mass is 10.0. The minimum Gasteiger partial charge on any atom is -0.387 e. The smallest absolute Gasteiger partial charge is 0.143 e. The van der Waals surface area contributed by atoms with Crippen molar-refractivity contribution < 1.29 is 9.90 Å². The average Bonchev–Trinajstić information content (AvgIpc) is 2.94. The van der Waals surface area contributed by atoms with Crippen LogP contribution in [0.4, 0.5) is 0 Å². The fraction of sp³-hybridized carbons (Fsp3) is 0.364. The Morgan fingerprint density at radius 3 is 2.78 bits per heavy atom. The van der Waals surface area contributed by atoms with Crippen LogP contribution in [0.1, 0.15) is 35.4 Å². The molecule has 5 heteroatoms. The van der Waals surface area contributed by atoms with Crippen molar-refractivity contribution in [2.75, 3.05) is 13.1 Å². The lowest BCUT2D eigenvalue weighted by molar-refractivity contribution is -0.118. The third kappa shape index (κ3) is 3.53. The van der Waals surface area contributed by atoms with Gasteiger partial charge in [-0.1, -0.05) is 11.6 Å². The highest BCUT2D eigenvalue weighted by atomic mass is 16.3. The van der Waals surface area contributed by atoms with Gasteiger partial charge in [-0.05, 0) is 49.2 Å². The summed E-state index contributed by atoms with van der Waals surface area (Å²) in [6.45, 7) is 6.42. The summed E-state index contributed by atoms with van der Waals surface area (Å²) < 4.78 is 2.26. The quantitative estimate of drug-likeness (QED) is 0.757. The monoisotopic (exact) mass is 363 g/mol. The van der Waals surface area contributed by atoms with Crippen LogP contribution in [0.3, 0.4) is 0 Å². The van der Waals surface area contributed by atoms with E-state index in [1.807, 2.05) is 12.1 Å². The van der Waals surface area contributed by atoms with Gasteiger partial charge in [-0.15, -0.1) is 0 Å². The number of benzene rings is 1. The summed E-state index contributed by atoms with van der Waals surface area (Å²) in [5.41, 5.74) is 5.83. The van der Waals surface area contributed by atoms with Crippen LogP contribution in [0.25, 0.3) is 10.9 Å². The van der Waals surface area contributed by atoms with Crippen molar-refractivity contribution in [3.05, 3.63) is 65.1 Å². The third-order valence-electron chi connectivity index (χ3n) is 5.38. The van der Waals surface area contributed by atoms with Gasteiger partial charge in [-0.3, -0.25) is 14.7 Å². The topological polar surface area (TPSA) is 58.4 Å². The molecule has 0 radical (unpaired) electrons. The molecule has 1 aliphatic heterocycles. The minimum atomic E-state index is -0.579. The van der Waals surface area contributed by atoms with Gasteiger partial charge in [0.05, 0.1) is 19.2 Å². The molecule has 3 heterocycles. The molecule has 0 bridgehead atoms. The third-order valence-corrected chi connectivity index (χ3v) is 5.38. The van der Waals surface area contributed by atoms with E-state index in [2.05, 4.69) is 39.6 Å². The lowest BCUT2D eigenvalue weighted by Gasteiger charge is -2.27. The van der Waals surface area contributed by atoms with E-state index in [0.29, 0.717) is 13.1 Å². The van der Waals surface area contributed by atoms with Crippen LogP contribution in [-0.2, 0) is 24.3 Å². The molecule has 2 aromatic heterocycles. The maximum absolute atomic E-state index is 11.6. The molecular formula is C22H25N3O2. The second kappa shape index (κ2) is 7.25. The van der Waals surface area contributed by atoms with Gasteiger partial charge < -0.3 is 9.67 Å². The molecule has 0 spiro atoms. The maximum Gasteiger partial charge on any atom is 0.143 e. The van der Waals surface area contributed by atoms with Crippen molar-refractivity contribution in [2.24, 2.45) is 0 Å². The molecule has 5 nitrogen and oxygen atoms in total. The fourth-order valence-electron chi connectivity index (χ4n) is 4.14. The number of aryl methyl sites for hydroxylation is 1. The molecule has 0 saturated heterocycles. The Balaban J connectivity index is 1.74. The number of rotatable bonds is 5. The van der Waals surface area contributed by atoms with Crippen LogP contribution in [0.5, 0.6) is 0 Å². The summed E-state index contributed by atoms with van der Waals surface area (Å²) in [4.78, 5) is 17.8. The zero-order valence-corrected chi connectivity index (χ0v) is 15.9. The normalized spacial score (nSPS) is 15.7. The minimum absolute atomic E-state index is 0.200. The SMILES string of the molecule is CC(=O)CN1CCc2c(c3cc(C)ccc3n2CC(O)c2ccncc2)C1. The lowest BCUT2D eigenvalue weighted by Crippen LogP contribution is -2.34. The van der Waals surface area contributed by atoms with Crippen molar-refractivity contribution in [1.29, 1.82) is 0 Å². The number of fused-ring (bicyclic) bond motifs is 3. The number of hydrogen-bond acceptors (Lipinski definition) is 4. The fourth-order valence-corrected chi connectivity index (χ4v) is 4.14. The average molecular weight is 363 g/mol. The Morgan fingerprint density at radius 1 is 1.26 bits per heavy atom. The van der Waals surface area contributed by atoms with E-state index in [9.17, 15) is 9.90 Å². The van der Waals surface area contributed by atoms with Crippen molar-refractivity contribution in [1.82, 2.24) is 14.5 Å². The van der Waals surface area contributed by atoms with Crippen molar-refractivity contribution in [3.8, 4) is 0 Å². The second-order valence-electron chi connectivity index (χ2n) is 7.52. The maximum atomic E-state index is 11.6. The number of carbonyl (C=O) groups is 1. The summed E-state index contributed by atoms with van der Waals surface area (Å²) in [7, 11) is 0. The van der Waals surface area contributed by atoms with E-state index < -0.39 is 6.10 Å². The van der Waals surface area contributed by atoms with Gasteiger partial charge in [0.15, 0.2) is 0 Å². The van der Waals surface area contributed by atoms with E-state index in [1.165, 1.54) is 22.2 Å².